The Morgan fingerprint density at radius 1 is 1.29 bits per heavy atom. The van der Waals surface area contributed by atoms with Crippen LogP contribution in [-0.4, -0.2) is 11.2 Å². The zero-order chi connectivity index (χ0) is 9.97. The highest BCUT2D eigenvalue weighted by Gasteiger charge is 2.13. The van der Waals surface area contributed by atoms with Crippen LogP contribution in [0.4, 0.5) is 0 Å². The second kappa shape index (κ2) is 3.97. The number of allylic oxidation sites excluding steroid dienone is 1. The molecular weight excluding hydrogens is 172 g/mol. The van der Waals surface area contributed by atoms with Crippen molar-refractivity contribution in [1.82, 2.24) is 0 Å². The van der Waals surface area contributed by atoms with Crippen molar-refractivity contribution in [2.45, 2.75) is 32.3 Å². The van der Waals surface area contributed by atoms with E-state index in [1.54, 1.807) is 0 Å². The highest BCUT2D eigenvalue weighted by molar-refractivity contribution is 5.68. The van der Waals surface area contributed by atoms with E-state index in [2.05, 4.69) is 37.3 Å². The van der Waals surface area contributed by atoms with Crippen LogP contribution < -0.4 is 0 Å². The lowest BCUT2D eigenvalue weighted by atomic mass is 9.90. The number of benzene rings is 1. The molecule has 1 aromatic rings. The summed E-state index contributed by atoms with van der Waals surface area (Å²) in [4.78, 5) is 0. The number of rotatable bonds is 1. The molecule has 1 atom stereocenters. The van der Waals surface area contributed by atoms with Crippen molar-refractivity contribution in [3.63, 3.8) is 0 Å². The Hall–Kier alpha value is -1.08. The normalized spacial score (nSPS) is 21.9. The summed E-state index contributed by atoms with van der Waals surface area (Å²) in [7, 11) is 0. The Morgan fingerprint density at radius 2 is 2.07 bits per heavy atom. The van der Waals surface area contributed by atoms with E-state index < -0.39 is 0 Å². The number of aliphatic hydroxyl groups is 1. The van der Waals surface area contributed by atoms with Crippen LogP contribution in [0.2, 0.25) is 0 Å². The average Bonchev–Trinajstić information content (AvgIpc) is 2.20. The molecule has 0 unspecified atom stereocenters. The molecule has 1 N–H and O–H groups in total. The van der Waals surface area contributed by atoms with Crippen LogP contribution in [0.25, 0.3) is 5.57 Å². The summed E-state index contributed by atoms with van der Waals surface area (Å²) in [5.74, 6) is 0. The number of aliphatic hydroxyl groups excluding tert-OH is 1. The Bertz CT molecular complexity index is 352. The van der Waals surface area contributed by atoms with E-state index in [1.807, 2.05) is 0 Å². The Kier molecular flexibility index (Phi) is 2.69. The third kappa shape index (κ3) is 1.88. The van der Waals surface area contributed by atoms with Crippen molar-refractivity contribution in [3.8, 4) is 0 Å². The summed E-state index contributed by atoms with van der Waals surface area (Å²) < 4.78 is 0. The van der Waals surface area contributed by atoms with E-state index >= 15 is 0 Å². The van der Waals surface area contributed by atoms with Gasteiger partial charge in [-0.05, 0) is 42.9 Å². The average molecular weight is 188 g/mol. The van der Waals surface area contributed by atoms with Gasteiger partial charge in [0.25, 0.3) is 0 Å². The standard InChI is InChI=1S/C13H16O/c1-10-4-2-3-5-13(10)11-6-8-12(14)9-7-11/h2-6,12,14H,7-9H2,1H3/t12-/m1/s1. The molecule has 0 fully saturated rings. The molecule has 1 aliphatic rings. The van der Waals surface area contributed by atoms with Gasteiger partial charge in [-0.2, -0.15) is 0 Å². The minimum absolute atomic E-state index is 0.122. The lowest BCUT2D eigenvalue weighted by Crippen LogP contribution is -2.09. The zero-order valence-electron chi connectivity index (χ0n) is 8.53. The second-order valence-corrected chi connectivity index (χ2v) is 3.97. The van der Waals surface area contributed by atoms with Gasteiger partial charge >= 0.3 is 0 Å². The van der Waals surface area contributed by atoms with Gasteiger partial charge in [0, 0.05) is 0 Å². The molecule has 1 heteroatoms. The third-order valence-electron chi connectivity index (χ3n) is 2.87. The highest BCUT2D eigenvalue weighted by Crippen LogP contribution is 2.28. The first-order chi connectivity index (χ1) is 6.77. The van der Waals surface area contributed by atoms with Crippen molar-refractivity contribution < 1.29 is 5.11 Å². The fourth-order valence-corrected chi connectivity index (χ4v) is 2.00. The molecule has 0 radical (unpaired) electrons. The van der Waals surface area contributed by atoms with Crippen LogP contribution in [0.3, 0.4) is 0 Å². The Labute approximate surface area is 85.1 Å². The van der Waals surface area contributed by atoms with Crippen LogP contribution in [0.15, 0.2) is 30.3 Å². The lowest BCUT2D eigenvalue weighted by molar-refractivity contribution is 0.166. The van der Waals surface area contributed by atoms with E-state index in [9.17, 15) is 5.11 Å². The van der Waals surface area contributed by atoms with Gasteiger partial charge in [0.1, 0.15) is 0 Å². The third-order valence-corrected chi connectivity index (χ3v) is 2.87. The topological polar surface area (TPSA) is 20.2 Å². The molecule has 0 amide bonds. The molecule has 14 heavy (non-hydrogen) atoms. The second-order valence-electron chi connectivity index (χ2n) is 3.97. The van der Waals surface area contributed by atoms with E-state index in [-0.39, 0.29) is 6.10 Å². The first-order valence-corrected chi connectivity index (χ1v) is 5.20. The van der Waals surface area contributed by atoms with Crippen molar-refractivity contribution in [2.75, 3.05) is 0 Å². The van der Waals surface area contributed by atoms with Gasteiger partial charge in [0.05, 0.1) is 6.10 Å². The largest absolute Gasteiger partial charge is 0.393 e. The molecule has 0 saturated heterocycles. The highest BCUT2D eigenvalue weighted by atomic mass is 16.3. The van der Waals surface area contributed by atoms with Gasteiger partial charge in [0.2, 0.25) is 0 Å². The summed E-state index contributed by atoms with van der Waals surface area (Å²) in [5, 5.41) is 9.40. The maximum absolute atomic E-state index is 9.40. The van der Waals surface area contributed by atoms with Crippen molar-refractivity contribution in [1.29, 1.82) is 0 Å². The summed E-state index contributed by atoms with van der Waals surface area (Å²) in [5.41, 5.74) is 4.07. The minimum atomic E-state index is -0.122. The predicted molar refractivity (Wildman–Crippen MR) is 59.0 cm³/mol. The predicted octanol–water partition coefficient (Wildman–Crippen LogP) is 2.92. The molecule has 0 aromatic heterocycles. The smallest absolute Gasteiger partial charge is 0.0578 e. The van der Waals surface area contributed by atoms with Gasteiger partial charge < -0.3 is 5.11 Å². The number of hydrogen-bond donors (Lipinski definition) is 1. The molecule has 0 saturated carbocycles. The molecule has 1 nitrogen and oxygen atoms in total. The maximum atomic E-state index is 9.40. The van der Waals surface area contributed by atoms with Crippen LogP contribution in [0.1, 0.15) is 30.4 Å². The summed E-state index contributed by atoms with van der Waals surface area (Å²) in [6.07, 6.45) is 4.77. The fourth-order valence-electron chi connectivity index (χ4n) is 2.00. The molecule has 0 aliphatic heterocycles. The molecule has 0 spiro atoms. The summed E-state index contributed by atoms with van der Waals surface area (Å²) in [6, 6.07) is 8.45. The quantitative estimate of drug-likeness (QED) is 0.718. The van der Waals surface area contributed by atoms with E-state index in [0.717, 1.165) is 19.3 Å². The molecule has 0 bridgehead atoms. The molecule has 1 aromatic carbocycles. The molecule has 1 aliphatic carbocycles. The van der Waals surface area contributed by atoms with Gasteiger partial charge in [-0.1, -0.05) is 30.3 Å². The Balaban J connectivity index is 2.28. The van der Waals surface area contributed by atoms with Crippen molar-refractivity contribution in [3.05, 3.63) is 41.5 Å². The van der Waals surface area contributed by atoms with Gasteiger partial charge in [-0.25, -0.2) is 0 Å². The molecule has 2 rings (SSSR count). The monoisotopic (exact) mass is 188 g/mol. The molecule has 74 valence electrons. The fraction of sp³-hybridized carbons (Fsp3) is 0.385. The molecule has 0 heterocycles. The summed E-state index contributed by atoms with van der Waals surface area (Å²) in [6.45, 7) is 2.14. The van der Waals surface area contributed by atoms with Gasteiger partial charge in [-0.3, -0.25) is 0 Å². The number of hydrogen-bond acceptors (Lipinski definition) is 1. The summed E-state index contributed by atoms with van der Waals surface area (Å²) >= 11 is 0. The van der Waals surface area contributed by atoms with Crippen LogP contribution in [0.5, 0.6) is 0 Å². The SMILES string of the molecule is Cc1ccccc1C1=CC[C@@H](O)CC1. The minimum Gasteiger partial charge on any atom is -0.393 e. The van der Waals surface area contributed by atoms with Gasteiger partial charge in [-0.15, -0.1) is 0 Å². The van der Waals surface area contributed by atoms with E-state index in [4.69, 9.17) is 0 Å². The van der Waals surface area contributed by atoms with E-state index in [0.29, 0.717) is 0 Å². The van der Waals surface area contributed by atoms with Crippen molar-refractivity contribution in [2.24, 2.45) is 0 Å². The first kappa shape index (κ1) is 9.47. The van der Waals surface area contributed by atoms with Crippen molar-refractivity contribution >= 4 is 5.57 Å². The van der Waals surface area contributed by atoms with Crippen LogP contribution >= 0.6 is 0 Å². The van der Waals surface area contributed by atoms with Crippen LogP contribution in [0, 0.1) is 6.92 Å². The first-order valence-electron chi connectivity index (χ1n) is 5.20. The number of aryl methyl sites for hydroxylation is 1. The maximum Gasteiger partial charge on any atom is 0.0578 e. The lowest BCUT2D eigenvalue weighted by Gasteiger charge is -2.18. The van der Waals surface area contributed by atoms with Crippen LogP contribution in [-0.2, 0) is 0 Å². The van der Waals surface area contributed by atoms with Gasteiger partial charge in [0.15, 0.2) is 0 Å². The zero-order valence-corrected chi connectivity index (χ0v) is 8.53. The van der Waals surface area contributed by atoms with E-state index in [1.165, 1.54) is 16.7 Å². The Morgan fingerprint density at radius 3 is 2.71 bits per heavy atom. The molecular formula is C13H16O.